The highest BCUT2D eigenvalue weighted by molar-refractivity contribution is 5.89. The molecule has 9 nitrogen and oxygen atoms in total. The van der Waals surface area contributed by atoms with E-state index >= 15 is 0 Å². The Bertz CT molecular complexity index is 892. The molecule has 3 rings (SSSR count). The van der Waals surface area contributed by atoms with E-state index in [0.29, 0.717) is 37.6 Å². The number of furan rings is 1. The molecule has 2 heterocycles. The molecule has 0 fully saturated rings. The molecule has 1 aromatic carbocycles. The van der Waals surface area contributed by atoms with Crippen molar-refractivity contribution in [3.05, 3.63) is 71.8 Å². The topological polar surface area (TPSA) is 114 Å². The summed E-state index contributed by atoms with van der Waals surface area (Å²) in [7, 11) is 1.66. The second-order valence-corrected chi connectivity index (χ2v) is 6.09. The highest BCUT2D eigenvalue weighted by atomic mass is 16.5. The quantitative estimate of drug-likeness (QED) is 0.615. The van der Waals surface area contributed by atoms with Gasteiger partial charge in [0.2, 0.25) is 0 Å². The molecule has 0 aliphatic carbocycles. The van der Waals surface area contributed by atoms with Crippen LogP contribution in [0.4, 0.5) is 4.79 Å². The van der Waals surface area contributed by atoms with Gasteiger partial charge in [-0.25, -0.2) is 4.79 Å². The minimum atomic E-state index is -0.438. The Hall–Kier alpha value is -3.62. The second kappa shape index (κ2) is 9.36. The largest absolute Gasteiger partial charge is 0.467 e. The Morgan fingerprint density at radius 1 is 1.07 bits per heavy atom. The number of amides is 3. The van der Waals surface area contributed by atoms with E-state index in [1.54, 1.807) is 25.4 Å². The molecule has 0 unspecified atom stereocenters. The van der Waals surface area contributed by atoms with Gasteiger partial charge in [-0.3, -0.25) is 4.79 Å². The van der Waals surface area contributed by atoms with Crippen LogP contribution in [0.3, 0.4) is 0 Å². The van der Waals surface area contributed by atoms with Crippen LogP contribution < -0.4 is 10.6 Å². The van der Waals surface area contributed by atoms with Gasteiger partial charge in [0, 0.05) is 26.6 Å². The molecule has 3 aromatic rings. The summed E-state index contributed by atoms with van der Waals surface area (Å²) in [4.78, 5) is 29.7. The summed E-state index contributed by atoms with van der Waals surface area (Å²) in [6.45, 7) is 1.05. The average molecular weight is 383 g/mol. The summed E-state index contributed by atoms with van der Waals surface area (Å²) < 4.78 is 10.2. The molecule has 0 saturated carbocycles. The standard InChI is InChI=1S/C19H21N5O4/c1-24(19(26)21-13-15-8-5-11-27-15)10-9-16-22-18(28-23-16)17(25)20-12-14-6-3-2-4-7-14/h2-8,11H,9-10,12-13H2,1H3,(H,20,25)(H,21,26). The van der Waals surface area contributed by atoms with Crippen molar-refractivity contribution in [3.8, 4) is 0 Å². The van der Waals surface area contributed by atoms with Crippen LogP contribution in [0.1, 0.15) is 27.8 Å². The summed E-state index contributed by atoms with van der Waals surface area (Å²) in [5.74, 6) is 0.490. The molecule has 28 heavy (non-hydrogen) atoms. The number of hydrogen-bond donors (Lipinski definition) is 2. The van der Waals surface area contributed by atoms with Crippen LogP contribution in [-0.2, 0) is 19.5 Å². The minimum Gasteiger partial charge on any atom is -0.467 e. The summed E-state index contributed by atoms with van der Waals surface area (Å²) in [5.41, 5.74) is 0.970. The Morgan fingerprint density at radius 3 is 2.64 bits per heavy atom. The lowest BCUT2D eigenvalue weighted by Crippen LogP contribution is -2.38. The van der Waals surface area contributed by atoms with Gasteiger partial charge >= 0.3 is 17.8 Å². The molecule has 0 bridgehead atoms. The summed E-state index contributed by atoms with van der Waals surface area (Å²) in [6.07, 6.45) is 1.91. The number of aromatic nitrogens is 2. The van der Waals surface area contributed by atoms with Crippen molar-refractivity contribution in [2.24, 2.45) is 0 Å². The number of hydrogen-bond acceptors (Lipinski definition) is 6. The third-order valence-corrected chi connectivity index (χ3v) is 3.97. The number of carbonyl (C=O) groups is 2. The first-order valence-corrected chi connectivity index (χ1v) is 8.78. The van der Waals surface area contributed by atoms with Crippen LogP contribution in [0.5, 0.6) is 0 Å². The van der Waals surface area contributed by atoms with Crippen LogP contribution in [0, 0.1) is 0 Å². The first-order valence-electron chi connectivity index (χ1n) is 8.78. The molecule has 9 heteroatoms. The van der Waals surface area contributed by atoms with Crippen molar-refractivity contribution in [2.45, 2.75) is 19.5 Å². The molecule has 3 amide bonds. The fourth-order valence-electron chi connectivity index (χ4n) is 2.38. The van der Waals surface area contributed by atoms with E-state index in [0.717, 1.165) is 5.56 Å². The number of carbonyl (C=O) groups excluding carboxylic acids is 2. The SMILES string of the molecule is CN(CCc1noc(C(=O)NCc2ccccc2)n1)C(=O)NCc1ccco1. The van der Waals surface area contributed by atoms with Crippen molar-refractivity contribution in [1.82, 2.24) is 25.7 Å². The fourth-order valence-corrected chi connectivity index (χ4v) is 2.38. The number of nitrogens with one attached hydrogen (secondary N) is 2. The Balaban J connectivity index is 1.42. The van der Waals surface area contributed by atoms with Crippen molar-refractivity contribution in [2.75, 3.05) is 13.6 Å². The monoisotopic (exact) mass is 383 g/mol. The van der Waals surface area contributed by atoms with Crippen molar-refractivity contribution in [1.29, 1.82) is 0 Å². The lowest BCUT2D eigenvalue weighted by Gasteiger charge is -2.16. The lowest BCUT2D eigenvalue weighted by molar-refractivity contribution is 0.0907. The van der Waals surface area contributed by atoms with Gasteiger partial charge in [0.1, 0.15) is 5.76 Å². The lowest BCUT2D eigenvalue weighted by atomic mass is 10.2. The van der Waals surface area contributed by atoms with Crippen LogP contribution in [0.15, 0.2) is 57.7 Å². The van der Waals surface area contributed by atoms with E-state index in [1.807, 2.05) is 30.3 Å². The zero-order valence-electron chi connectivity index (χ0n) is 15.4. The smallest absolute Gasteiger partial charge is 0.317 e. The molecule has 2 N–H and O–H groups in total. The summed E-state index contributed by atoms with van der Waals surface area (Å²) >= 11 is 0. The fraction of sp³-hybridized carbons (Fsp3) is 0.263. The first kappa shape index (κ1) is 19.2. The normalized spacial score (nSPS) is 10.5. The number of rotatable bonds is 8. The number of nitrogens with zero attached hydrogens (tertiary/aromatic N) is 3. The van der Waals surface area contributed by atoms with E-state index in [-0.39, 0.29) is 11.9 Å². The van der Waals surface area contributed by atoms with E-state index < -0.39 is 5.91 Å². The maximum Gasteiger partial charge on any atom is 0.317 e. The van der Waals surface area contributed by atoms with Gasteiger partial charge < -0.3 is 24.5 Å². The number of benzene rings is 1. The molecule has 0 aliphatic rings. The third kappa shape index (κ3) is 5.44. The first-order chi connectivity index (χ1) is 13.6. The average Bonchev–Trinajstić information content (AvgIpc) is 3.41. The molecule has 146 valence electrons. The molecule has 2 aromatic heterocycles. The Labute approximate surface area is 161 Å². The van der Waals surface area contributed by atoms with Crippen LogP contribution >= 0.6 is 0 Å². The Kier molecular flexibility index (Phi) is 6.40. The number of urea groups is 1. The van der Waals surface area contributed by atoms with Crippen molar-refractivity contribution in [3.63, 3.8) is 0 Å². The van der Waals surface area contributed by atoms with E-state index in [4.69, 9.17) is 8.94 Å². The van der Waals surface area contributed by atoms with Crippen LogP contribution in [-0.4, -0.2) is 40.6 Å². The Morgan fingerprint density at radius 2 is 1.89 bits per heavy atom. The van der Waals surface area contributed by atoms with Crippen molar-refractivity contribution < 1.29 is 18.5 Å². The summed E-state index contributed by atoms with van der Waals surface area (Å²) in [6, 6.07) is 12.8. The molecule has 0 aliphatic heterocycles. The van der Waals surface area contributed by atoms with Crippen LogP contribution in [0.2, 0.25) is 0 Å². The molecule has 0 atom stereocenters. The molecular weight excluding hydrogens is 362 g/mol. The second-order valence-electron chi connectivity index (χ2n) is 6.09. The van der Waals surface area contributed by atoms with Gasteiger partial charge in [-0.2, -0.15) is 4.98 Å². The highest BCUT2D eigenvalue weighted by Gasteiger charge is 2.16. The minimum absolute atomic E-state index is 0.101. The van der Waals surface area contributed by atoms with Crippen molar-refractivity contribution >= 4 is 11.9 Å². The van der Waals surface area contributed by atoms with Gasteiger partial charge in [0.25, 0.3) is 0 Å². The maximum absolute atomic E-state index is 12.1. The van der Waals surface area contributed by atoms with Gasteiger partial charge in [-0.1, -0.05) is 35.5 Å². The van der Waals surface area contributed by atoms with Gasteiger partial charge in [-0.05, 0) is 17.7 Å². The predicted molar refractivity (Wildman–Crippen MR) is 99.2 cm³/mol. The molecule has 0 spiro atoms. The van der Waals surface area contributed by atoms with Gasteiger partial charge in [0.05, 0.1) is 12.8 Å². The molecular formula is C19H21N5O4. The van der Waals surface area contributed by atoms with Gasteiger partial charge in [0.15, 0.2) is 5.82 Å². The van der Waals surface area contributed by atoms with E-state index in [9.17, 15) is 9.59 Å². The van der Waals surface area contributed by atoms with E-state index in [1.165, 1.54) is 4.90 Å². The zero-order chi connectivity index (χ0) is 19.8. The number of likely N-dealkylation sites (N-methyl/N-ethyl adjacent to an activating group) is 1. The summed E-state index contributed by atoms with van der Waals surface area (Å²) in [5, 5.41) is 9.25. The molecule has 0 radical (unpaired) electrons. The van der Waals surface area contributed by atoms with Gasteiger partial charge in [-0.15, -0.1) is 0 Å². The van der Waals surface area contributed by atoms with Crippen LogP contribution in [0.25, 0.3) is 0 Å². The molecule has 0 saturated heterocycles. The maximum atomic E-state index is 12.1. The third-order valence-electron chi connectivity index (χ3n) is 3.97. The zero-order valence-corrected chi connectivity index (χ0v) is 15.4. The van der Waals surface area contributed by atoms with E-state index in [2.05, 4.69) is 20.8 Å². The predicted octanol–water partition coefficient (Wildman–Crippen LogP) is 1.98. The highest BCUT2D eigenvalue weighted by Crippen LogP contribution is 2.03.